The number of hydrogen-bond acceptors (Lipinski definition) is 1. The molecule has 0 rings (SSSR count). The van der Waals surface area contributed by atoms with Crippen molar-refractivity contribution in [3.8, 4) is 0 Å². The molecular formula is C12H28AlN. The minimum Gasteiger partial charge on any atom is -0.399 e. The van der Waals surface area contributed by atoms with E-state index in [1.165, 1.54) is 30.0 Å². The van der Waals surface area contributed by atoms with Crippen LogP contribution in [0.2, 0.25) is 10.6 Å². The van der Waals surface area contributed by atoms with Crippen LogP contribution in [0, 0.1) is 11.8 Å². The molecule has 14 heavy (non-hydrogen) atoms. The highest BCUT2D eigenvalue weighted by Gasteiger charge is 2.19. The lowest BCUT2D eigenvalue weighted by molar-refractivity contribution is 0.664. The zero-order chi connectivity index (χ0) is 11.0. The standard InChI is InChI=1S/C4H10N.2C4H9.Al/c1-2-3-4-5;2*1-4(2)3;/h5H,2-4H2,1H3;2*4H,1H2,2-3H3;/q-1;;;+1. The van der Waals surface area contributed by atoms with Crippen molar-refractivity contribution in [2.75, 3.05) is 6.54 Å². The maximum Gasteiger partial charge on any atom is 0.370 e. The smallest absolute Gasteiger partial charge is 0.370 e. The Kier molecular flexibility index (Phi) is 9.08. The van der Waals surface area contributed by atoms with E-state index in [2.05, 4.69) is 38.9 Å². The van der Waals surface area contributed by atoms with Crippen LogP contribution in [-0.4, -0.2) is 20.9 Å². The van der Waals surface area contributed by atoms with Crippen molar-refractivity contribution in [3.63, 3.8) is 0 Å². The number of unbranched alkanes of at least 4 members (excludes halogenated alkanes) is 1. The fourth-order valence-corrected chi connectivity index (χ4v) is 5.30. The summed E-state index contributed by atoms with van der Waals surface area (Å²) < 4.78 is 3.82. The molecule has 1 N–H and O–H groups in total. The first-order valence-electron chi connectivity index (χ1n) is 6.29. The highest BCUT2D eigenvalue weighted by molar-refractivity contribution is 6.56. The molecule has 0 saturated carbocycles. The first-order valence-corrected chi connectivity index (χ1v) is 8.50. The lowest BCUT2D eigenvalue weighted by Gasteiger charge is -2.17. The summed E-state index contributed by atoms with van der Waals surface area (Å²) in [6.07, 6.45) is 2.66. The second-order valence-corrected chi connectivity index (χ2v) is 8.01. The summed E-state index contributed by atoms with van der Waals surface area (Å²) in [4.78, 5) is 0. The van der Waals surface area contributed by atoms with E-state index in [1.54, 1.807) is 0 Å². The summed E-state index contributed by atoms with van der Waals surface area (Å²) in [7, 11) is 0. The van der Waals surface area contributed by atoms with Crippen LogP contribution in [0.15, 0.2) is 0 Å². The van der Waals surface area contributed by atoms with Crippen molar-refractivity contribution in [1.29, 1.82) is 0 Å². The van der Waals surface area contributed by atoms with Crippen molar-refractivity contribution < 1.29 is 0 Å². The molecule has 0 unspecified atom stereocenters. The monoisotopic (exact) mass is 213 g/mol. The van der Waals surface area contributed by atoms with E-state index in [0.717, 1.165) is 11.8 Å². The van der Waals surface area contributed by atoms with Crippen molar-refractivity contribution in [2.24, 2.45) is 11.8 Å². The minimum atomic E-state index is -0.631. The van der Waals surface area contributed by atoms with E-state index in [4.69, 9.17) is 0 Å². The number of nitrogens with one attached hydrogen (secondary N) is 1. The van der Waals surface area contributed by atoms with Crippen LogP contribution in [0.4, 0.5) is 0 Å². The SMILES string of the molecule is CCCC[NH][Al]([CH2]C(C)C)[CH2]C(C)C. The van der Waals surface area contributed by atoms with Crippen LogP contribution in [0.1, 0.15) is 47.5 Å². The molecule has 1 nitrogen and oxygen atoms in total. The summed E-state index contributed by atoms with van der Waals surface area (Å²) in [6.45, 7) is 12.9. The third kappa shape index (κ3) is 9.06. The van der Waals surface area contributed by atoms with Crippen molar-refractivity contribution in [3.05, 3.63) is 0 Å². The Bertz CT molecular complexity index is 113. The highest BCUT2D eigenvalue weighted by atomic mass is 27.2. The van der Waals surface area contributed by atoms with E-state index in [9.17, 15) is 0 Å². The average Bonchev–Trinajstić information content (AvgIpc) is 2.02. The maximum atomic E-state index is 3.82. The number of hydrogen-bond donors (Lipinski definition) is 1. The van der Waals surface area contributed by atoms with Crippen molar-refractivity contribution >= 4 is 14.4 Å². The molecule has 0 fully saturated rings. The molecule has 2 heteroatoms. The molecule has 0 bridgehead atoms. The Morgan fingerprint density at radius 3 is 1.86 bits per heavy atom. The maximum absolute atomic E-state index is 3.82. The van der Waals surface area contributed by atoms with Crippen LogP contribution in [0.25, 0.3) is 0 Å². The van der Waals surface area contributed by atoms with Crippen molar-refractivity contribution in [1.82, 2.24) is 4.30 Å². The van der Waals surface area contributed by atoms with E-state index in [0.29, 0.717) is 0 Å². The molecule has 0 aromatic rings. The van der Waals surface area contributed by atoms with Gasteiger partial charge in [-0.1, -0.05) is 63.4 Å². The fourth-order valence-electron chi connectivity index (χ4n) is 1.88. The van der Waals surface area contributed by atoms with Crippen LogP contribution in [0.3, 0.4) is 0 Å². The van der Waals surface area contributed by atoms with Crippen LogP contribution in [-0.2, 0) is 0 Å². The van der Waals surface area contributed by atoms with Gasteiger partial charge in [0, 0.05) is 0 Å². The van der Waals surface area contributed by atoms with Gasteiger partial charge in [-0.2, -0.15) is 0 Å². The van der Waals surface area contributed by atoms with Crippen LogP contribution < -0.4 is 4.30 Å². The highest BCUT2D eigenvalue weighted by Crippen LogP contribution is 2.12. The second kappa shape index (κ2) is 8.77. The molecular weight excluding hydrogens is 185 g/mol. The van der Waals surface area contributed by atoms with E-state index in [1.807, 2.05) is 0 Å². The van der Waals surface area contributed by atoms with Crippen LogP contribution in [0.5, 0.6) is 0 Å². The van der Waals surface area contributed by atoms with Gasteiger partial charge in [0.15, 0.2) is 0 Å². The van der Waals surface area contributed by atoms with Gasteiger partial charge in [0.25, 0.3) is 0 Å². The molecule has 0 atom stereocenters. The molecule has 0 aromatic heterocycles. The quantitative estimate of drug-likeness (QED) is 0.479. The molecule has 84 valence electrons. The van der Waals surface area contributed by atoms with Crippen molar-refractivity contribution in [2.45, 2.75) is 58.0 Å². The molecule has 0 spiro atoms. The summed E-state index contributed by atoms with van der Waals surface area (Å²) in [5.41, 5.74) is 0. The second-order valence-electron chi connectivity index (χ2n) is 5.26. The van der Waals surface area contributed by atoms with E-state index < -0.39 is 14.4 Å². The van der Waals surface area contributed by atoms with Crippen LogP contribution >= 0.6 is 0 Å². The molecule has 0 amide bonds. The van der Waals surface area contributed by atoms with Gasteiger partial charge >= 0.3 is 14.4 Å². The number of rotatable bonds is 8. The van der Waals surface area contributed by atoms with Gasteiger partial charge in [0.05, 0.1) is 0 Å². The lowest BCUT2D eigenvalue weighted by Crippen LogP contribution is -2.36. The Morgan fingerprint density at radius 2 is 1.50 bits per heavy atom. The Hall–Kier alpha value is 0.492. The summed E-state index contributed by atoms with van der Waals surface area (Å²) in [5, 5.41) is 2.92. The first kappa shape index (κ1) is 14.5. The Labute approximate surface area is 95.3 Å². The van der Waals surface area contributed by atoms with Gasteiger partial charge < -0.3 is 4.30 Å². The molecule has 0 aliphatic heterocycles. The van der Waals surface area contributed by atoms with Gasteiger partial charge in [-0.15, -0.1) is 0 Å². The molecule has 0 aromatic carbocycles. The molecule has 0 heterocycles. The zero-order valence-electron chi connectivity index (χ0n) is 10.8. The van der Waals surface area contributed by atoms with Gasteiger partial charge in [0.1, 0.15) is 0 Å². The fraction of sp³-hybridized carbons (Fsp3) is 1.00. The van der Waals surface area contributed by atoms with E-state index >= 15 is 0 Å². The normalized spacial score (nSPS) is 11.4. The minimum absolute atomic E-state index is 0.631. The summed E-state index contributed by atoms with van der Waals surface area (Å²) >= 11 is -0.631. The summed E-state index contributed by atoms with van der Waals surface area (Å²) in [5.74, 6) is 1.75. The molecule has 0 saturated heterocycles. The predicted molar refractivity (Wildman–Crippen MR) is 68.0 cm³/mol. The summed E-state index contributed by atoms with van der Waals surface area (Å²) in [6, 6.07) is 0. The molecule has 0 aliphatic rings. The largest absolute Gasteiger partial charge is 0.399 e. The first-order chi connectivity index (χ1) is 6.56. The average molecular weight is 213 g/mol. The molecule has 0 radical (unpaired) electrons. The van der Waals surface area contributed by atoms with Gasteiger partial charge in [0.2, 0.25) is 0 Å². The van der Waals surface area contributed by atoms with Gasteiger partial charge in [-0.3, -0.25) is 0 Å². The predicted octanol–water partition coefficient (Wildman–Crippen LogP) is 3.68. The topological polar surface area (TPSA) is 12.0 Å². The lowest BCUT2D eigenvalue weighted by atomic mass is 10.3. The van der Waals surface area contributed by atoms with E-state index in [-0.39, 0.29) is 0 Å². The third-order valence-corrected chi connectivity index (χ3v) is 6.36. The zero-order valence-corrected chi connectivity index (χ0v) is 11.9. The van der Waals surface area contributed by atoms with Gasteiger partial charge in [-0.25, -0.2) is 0 Å². The third-order valence-electron chi connectivity index (χ3n) is 2.48. The Morgan fingerprint density at radius 1 is 1.00 bits per heavy atom. The van der Waals surface area contributed by atoms with Gasteiger partial charge in [-0.05, 0) is 13.0 Å². The Balaban J connectivity index is 3.72. The molecule has 0 aliphatic carbocycles.